The van der Waals surface area contributed by atoms with Crippen LogP contribution in [-0.4, -0.2) is 54.2 Å². The Morgan fingerprint density at radius 2 is 1.88 bits per heavy atom. The number of aliphatic hydroxyl groups excluding tert-OH is 1. The summed E-state index contributed by atoms with van der Waals surface area (Å²) in [7, 11) is 2.09. The first-order chi connectivity index (χ1) is 12.5. The molecule has 1 N–H and O–H groups in total. The molecule has 3 heteroatoms. The minimum Gasteiger partial charge on any atom is -0.390 e. The van der Waals surface area contributed by atoms with Crippen molar-refractivity contribution in [2.45, 2.75) is 31.4 Å². The fourth-order valence-corrected chi connectivity index (χ4v) is 4.73. The Morgan fingerprint density at radius 1 is 1.15 bits per heavy atom. The molecule has 138 valence electrons. The van der Waals surface area contributed by atoms with E-state index in [9.17, 15) is 5.11 Å². The Balaban J connectivity index is 1.28. The lowest BCUT2D eigenvalue weighted by atomic mass is 9.94. The first-order valence-electron chi connectivity index (χ1n) is 9.75. The summed E-state index contributed by atoms with van der Waals surface area (Å²) in [4.78, 5) is 4.68. The van der Waals surface area contributed by atoms with Crippen LogP contribution in [0.5, 0.6) is 0 Å². The predicted octanol–water partition coefficient (Wildman–Crippen LogP) is 3.06. The third-order valence-electron chi connectivity index (χ3n) is 6.13. The van der Waals surface area contributed by atoms with Crippen LogP contribution in [0.25, 0.3) is 0 Å². The number of piperidine rings is 1. The smallest absolute Gasteiger partial charge is 0.0793 e. The van der Waals surface area contributed by atoms with E-state index in [-0.39, 0.29) is 6.10 Å². The topological polar surface area (TPSA) is 26.7 Å². The monoisotopic (exact) mass is 350 g/mol. The third kappa shape index (κ3) is 3.71. The number of nitrogens with zero attached hydrogens (tertiary/aromatic N) is 2. The average Bonchev–Trinajstić information content (AvgIpc) is 3.18. The normalized spacial score (nSPS) is 26.1. The van der Waals surface area contributed by atoms with Gasteiger partial charge in [0.15, 0.2) is 0 Å². The molecule has 3 atom stereocenters. The molecule has 0 aromatic heterocycles. The molecule has 3 nitrogen and oxygen atoms in total. The fourth-order valence-electron chi connectivity index (χ4n) is 4.73. The summed E-state index contributed by atoms with van der Waals surface area (Å²) in [5, 5.41) is 10.6. The SMILES string of the molecule is Cc1ccc(C23CC2CN(CC(O)CN(C)Cc2ccccc2)C3)cc1. The highest BCUT2D eigenvalue weighted by molar-refractivity contribution is 5.38. The van der Waals surface area contributed by atoms with E-state index >= 15 is 0 Å². The highest BCUT2D eigenvalue weighted by Crippen LogP contribution is 2.58. The molecule has 0 radical (unpaired) electrons. The van der Waals surface area contributed by atoms with Crippen LogP contribution in [0.3, 0.4) is 0 Å². The lowest BCUT2D eigenvalue weighted by Gasteiger charge is -2.26. The van der Waals surface area contributed by atoms with Gasteiger partial charge in [0.1, 0.15) is 0 Å². The Kier molecular flexibility index (Phi) is 4.87. The molecule has 1 aliphatic carbocycles. The van der Waals surface area contributed by atoms with E-state index in [4.69, 9.17) is 0 Å². The summed E-state index contributed by atoms with van der Waals surface area (Å²) in [6.45, 7) is 6.76. The highest BCUT2D eigenvalue weighted by atomic mass is 16.3. The maximum Gasteiger partial charge on any atom is 0.0793 e. The summed E-state index contributed by atoms with van der Waals surface area (Å²) >= 11 is 0. The molecular weight excluding hydrogens is 320 g/mol. The van der Waals surface area contributed by atoms with Gasteiger partial charge in [0.05, 0.1) is 6.10 Å². The van der Waals surface area contributed by atoms with Crippen LogP contribution in [0.4, 0.5) is 0 Å². The van der Waals surface area contributed by atoms with E-state index < -0.39 is 0 Å². The lowest BCUT2D eigenvalue weighted by Crippen LogP contribution is -2.39. The molecule has 1 heterocycles. The molecule has 4 rings (SSSR count). The first kappa shape index (κ1) is 17.7. The quantitative estimate of drug-likeness (QED) is 0.831. The molecule has 2 aromatic rings. The van der Waals surface area contributed by atoms with Gasteiger partial charge in [0.2, 0.25) is 0 Å². The van der Waals surface area contributed by atoms with E-state index in [1.54, 1.807) is 0 Å². The number of hydrogen-bond acceptors (Lipinski definition) is 3. The zero-order valence-electron chi connectivity index (χ0n) is 15.9. The number of aliphatic hydroxyl groups is 1. The first-order valence-corrected chi connectivity index (χ1v) is 9.75. The van der Waals surface area contributed by atoms with Crippen molar-refractivity contribution in [3.63, 3.8) is 0 Å². The van der Waals surface area contributed by atoms with Gasteiger partial charge in [-0.1, -0.05) is 60.2 Å². The van der Waals surface area contributed by atoms with Gasteiger partial charge in [-0.3, -0.25) is 9.80 Å². The summed E-state index contributed by atoms with van der Waals surface area (Å²) in [6.07, 6.45) is 1.02. The molecular formula is C23H30N2O. The van der Waals surface area contributed by atoms with Gasteiger partial charge in [-0.05, 0) is 37.4 Å². The minimum absolute atomic E-state index is 0.295. The van der Waals surface area contributed by atoms with Crippen molar-refractivity contribution < 1.29 is 5.11 Å². The van der Waals surface area contributed by atoms with Crippen LogP contribution in [0.15, 0.2) is 54.6 Å². The van der Waals surface area contributed by atoms with Gasteiger partial charge < -0.3 is 5.11 Å². The molecule has 1 saturated heterocycles. The largest absolute Gasteiger partial charge is 0.390 e. The average molecular weight is 351 g/mol. The lowest BCUT2D eigenvalue weighted by molar-refractivity contribution is 0.0837. The number of aryl methyl sites for hydroxylation is 1. The minimum atomic E-state index is -0.295. The van der Waals surface area contributed by atoms with Crippen LogP contribution in [0.1, 0.15) is 23.1 Å². The van der Waals surface area contributed by atoms with E-state index in [0.29, 0.717) is 12.0 Å². The predicted molar refractivity (Wildman–Crippen MR) is 106 cm³/mol. The Bertz CT molecular complexity index is 730. The number of fused-ring (bicyclic) bond motifs is 1. The van der Waals surface area contributed by atoms with Crippen LogP contribution >= 0.6 is 0 Å². The molecule has 1 saturated carbocycles. The van der Waals surface area contributed by atoms with Crippen molar-refractivity contribution in [2.75, 3.05) is 33.2 Å². The maximum atomic E-state index is 10.6. The molecule has 2 aliphatic rings. The summed E-state index contributed by atoms with van der Waals surface area (Å²) in [5.74, 6) is 0.777. The zero-order chi connectivity index (χ0) is 18.1. The Hall–Kier alpha value is -1.68. The van der Waals surface area contributed by atoms with Gasteiger partial charge in [-0.15, -0.1) is 0 Å². The van der Waals surface area contributed by atoms with Gasteiger partial charge in [0.25, 0.3) is 0 Å². The number of likely N-dealkylation sites (N-methyl/N-ethyl adjacent to an activating group) is 1. The van der Waals surface area contributed by atoms with Crippen molar-refractivity contribution >= 4 is 0 Å². The number of likely N-dealkylation sites (tertiary alicyclic amines) is 1. The van der Waals surface area contributed by atoms with Crippen molar-refractivity contribution in [2.24, 2.45) is 5.92 Å². The molecule has 0 amide bonds. The highest BCUT2D eigenvalue weighted by Gasteiger charge is 2.60. The molecule has 2 fully saturated rings. The van der Waals surface area contributed by atoms with Crippen molar-refractivity contribution in [1.29, 1.82) is 0 Å². The second kappa shape index (κ2) is 7.15. The maximum absolute atomic E-state index is 10.6. The van der Waals surface area contributed by atoms with E-state index in [1.807, 2.05) is 6.07 Å². The van der Waals surface area contributed by atoms with Gasteiger partial charge >= 0.3 is 0 Å². The van der Waals surface area contributed by atoms with Gasteiger partial charge in [-0.25, -0.2) is 0 Å². The van der Waals surface area contributed by atoms with Crippen LogP contribution in [-0.2, 0) is 12.0 Å². The van der Waals surface area contributed by atoms with Gasteiger partial charge in [-0.2, -0.15) is 0 Å². The summed E-state index contributed by atoms with van der Waals surface area (Å²) in [6, 6.07) is 19.5. The Morgan fingerprint density at radius 3 is 2.62 bits per heavy atom. The molecule has 1 aliphatic heterocycles. The second-order valence-corrected chi connectivity index (χ2v) is 8.45. The standard InChI is InChI=1S/C23H30N2O/c1-18-8-10-20(11-9-18)23-12-21(23)14-25(17-23)16-22(26)15-24(2)13-19-6-4-3-5-7-19/h3-11,21-22,26H,12-17H2,1-2H3. The zero-order valence-corrected chi connectivity index (χ0v) is 15.9. The second-order valence-electron chi connectivity index (χ2n) is 8.45. The number of benzene rings is 2. The summed E-state index contributed by atoms with van der Waals surface area (Å²) < 4.78 is 0. The van der Waals surface area contributed by atoms with E-state index in [2.05, 4.69) is 72.3 Å². The third-order valence-corrected chi connectivity index (χ3v) is 6.13. The molecule has 2 aromatic carbocycles. The van der Waals surface area contributed by atoms with Crippen LogP contribution < -0.4 is 0 Å². The number of β-amino-alcohol motifs (C(OH)–C–C–N with tert-alkyl or cyclic N) is 1. The van der Waals surface area contributed by atoms with E-state index in [0.717, 1.165) is 32.1 Å². The molecule has 26 heavy (non-hydrogen) atoms. The van der Waals surface area contributed by atoms with Crippen LogP contribution in [0, 0.1) is 12.8 Å². The molecule has 3 unspecified atom stereocenters. The fraction of sp³-hybridized carbons (Fsp3) is 0.478. The Labute approximate surface area is 157 Å². The van der Waals surface area contributed by atoms with E-state index in [1.165, 1.54) is 23.1 Å². The van der Waals surface area contributed by atoms with Crippen molar-refractivity contribution in [1.82, 2.24) is 9.80 Å². The van der Waals surface area contributed by atoms with Crippen LogP contribution in [0.2, 0.25) is 0 Å². The summed E-state index contributed by atoms with van der Waals surface area (Å²) in [5.41, 5.74) is 4.48. The van der Waals surface area contributed by atoms with Crippen molar-refractivity contribution in [3.8, 4) is 0 Å². The molecule has 0 spiro atoms. The van der Waals surface area contributed by atoms with Gasteiger partial charge in [0, 0.05) is 38.1 Å². The number of hydrogen-bond donors (Lipinski definition) is 1. The molecule has 0 bridgehead atoms. The number of rotatable bonds is 7. The van der Waals surface area contributed by atoms with Crippen molar-refractivity contribution in [3.05, 3.63) is 71.3 Å².